The average molecular weight is 526 g/mol. The van der Waals surface area contributed by atoms with Crippen LogP contribution in [-0.4, -0.2) is 34.1 Å². The van der Waals surface area contributed by atoms with Gasteiger partial charge in [-0.2, -0.15) is 4.37 Å². The number of anilines is 1. The maximum Gasteiger partial charge on any atom is 0.270 e. The number of benzene rings is 1. The number of hydrogen-bond donors (Lipinski definition) is 3. The van der Waals surface area contributed by atoms with E-state index in [1.165, 1.54) is 22.5 Å². The molecule has 0 aliphatic carbocycles. The van der Waals surface area contributed by atoms with Crippen molar-refractivity contribution in [1.29, 1.82) is 0 Å². The fourth-order valence-electron chi connectivity index (χ4n) is 3.51. The Balaban J connectivity index is 1.67. The standard InChI is InChI=1S/C24H23N5O5S2/c1-33-15-8-6-14(7-9-15)12-27-23(31)20(17-5-2-10-34-17)29(13-16-4-3-11-35-16)24(32)21-18(25)19(22(26)30)28-36-21/h2-11,20H,12-13,25H2,1H3,(H2,26,30)(H,27,31)/t20-/m0/s1. The molecule has 0 aliphatic rings. The molecule has 3 heterocycles. The Morgan fingerprint density at radius 2 is 1.94 bits per heavy atom. The van der Waals surface area contributed by atoms with Gasteiger partial charge in [0.2, 0.25) is 0 Å². The molecule has 1 atom stereocenters. The molecule has 5 N–H and O–H groups in total. The highest BCUT2D eigenvalue weighted by atomic mass is 32.1. The molecule has 4 rings (SSSR count). The number of nitrogen functional groups attached to an aromatic ring is 1. The normalized spacial score (nSPS) is 11.6. The molecular weight excluding hydrogens is 502 g/mol. The molecule has 1 aromatic carbocycles. The molecular formula is C24H23N5O5S2. The lowest BCUT2D eigenvalue weighted by Gasteiger charge is -2.29. The summed E-state index contributed by atoms with van der Waals surface area (Å²) in [6, 6.07) is 13.1. The highest BCUT2D eigenvalue weighted by molar-refractivity contribution is 7.10. The second kappa shape index (κ2) is 11.1. The van der Waals surface area contributed by atoms with Crippen molar-refractivity contribution in [3.8, 4) is 5.75 Å². The Kier molecular flexibility index (Phi) is 7.66. The van der Waals surface area contributed by atoms with E-state index in [9.17, 15) is 14.4 Å². The minimum Gasteiger partial charge on any atom is -0.497 e. The quantitative estimate of drug-likeness (QED) is 0.287. The average Bonchev–Trinajstić information content (AvgIpc) is 3.65. The van der Waals surface area contributed by atoms with Gasteiger partial charge in [0, 0.05) is 11.4 Å². The third kappa shape index (κ3) is 5.39. The third-order valence-electron chi connectivity index (χ3n) is 5.32. The van der Waals surface area contributed by atoms with Crippen molar-refractivity contribution in [2.75, 3.05) is 12.8 Å². The number of nitrogens with one attached hydrogen (secondary N) is 1. The summed E-state index contributed by atoms with van der Waals surface area (Å²) < 4.78 is 14.7. The Bertz CT molecular complexity index is 1330. The zero-order valence-corrected chi connectivity index (χ0v) is 20.8. The summed E-state index contributed by atoms with van der Waals surface area (Å²) >= 11 is 2.19. The summed E-state index contributed by atoms with van der Waals surface area (Å²) in [6.45, 7) is 0.316. The fraction of sp³-hybridized carbons (Fsp3) is 0.167. The van der Waals surface area contributed by atoms with E-state index >= 15 is 0 Å². The van der Waals surface area contributed by atoms with E-state index < -0.39 is 23.8 Å². The maximum absolute atomic E-state index is 13.7. The SMILES string of the molecule is COc1ccc(CNC(=O)[C@H](c2ccco2)N(Cc2cccs2)C(=O)c2snc(C(N)=O)c2N)cc1. The molecule has 186 valence electrons. The van der Waals surface area contributed by atoms with Gasteiger partial charge in [-0.1, -0.05) is 18.2 Å². The molecule has 0 unspecified atom stereocenters. The number of aromatic nitrogens is 1. The first kappa shape index (κ1) is 24.9. The molecule has 0 saturated heterocycles. The molecule has 0 bridgehead atoms. The smallest absolute Gasteiger partial charge is 0.270 e. The van der Waals surface area contributed by atoms with Gasteiger partial charge in [0.05, 0.1) is 25.6 Å². The van der Waals surface area contributed by atoms with Gasteiger partial charge in [-0.25, -0.2) is 0 Å². The molecule has 4 aromatic rings. The Hall–Kier alpha value is -4.16. The Morgan fingerprint density at radius 3 is 2.53 bits per heavy atom. The van der Waals surface area contributed by atoms with Crippen molar-refractivity contribution < 1.29 is 23.5 Å². The van der Waals surface area contributed by atoms with Gasteiger partial charge in [-0.05, 0) is 52.8 Å². The van der Waals surface area contributed by atoms with Crippen LogP contribution in [0.5, 0.6) is 5.75 Å². The summed E-state index contributed by atoms with van der Waals surface area (Å²) in [5.74, 6) is -0.905. The number of carbonyl (C=O) groups excluding carboxylic acids is 3. The van der Waals surface area contributed by atoms with Crippen LogP contribution in [0.3, 0.4) is 0 Å². The highest BCUT2D eigenvalue weighted by Crippen LogP contribution is 2.31. The van der Waals surface area contributed by atoms with Gasteiger partial charge >= 0.3 is 0 Å². The molecule has 36 heavy (non-hydrogen) atoms. The zero-order valence-electron chi connectivity index (χ0n) is 19.2. The Labute approximate surface area is 214 Å². The van der Waals surface area contributed by atoms with Crippen molar-refractivity contribution in [3.63, 3.8) is 0 Å². The minimum absolute atomic E-state index is 0.0138. The van der Waals surface area contributed by atoms with Gasteiger partial charge in [0.1, 0.15) is 16.4 Å². The number of nitrogens with two attached hydrogens (primary N) is 2. The van der Waals surface area contributed by atoms with E-state index in [1.54, 1.807) is 31.4 Å². The molecule has 0 aliphatic heterocycles. The number of ether oxygens (including phenoxy) is 1. The topological polar surface area (TPSA) is 154 Å². The molecule has 12 heteroatoms. The van der Waals surface area contributed by atoms with Crippen LogP contribution in [0.4, 0.5) is 5.69 Å². The highest BCUT2D eigenvalue weighted by Gasteiger charge is 2.36. The van der Waals surface area contributed by atoms with Gasteiger partial charge in [0.15, 0.2) is 11.7 Å². The minimum atomic E-state index is -1.12. The number of hydrogen-bond acceptors (Lipinski definition) is 9. The number of amides is 3. The summed E-state index contributed by atoms with van der Waals surface area (Å²) in [7, 11) is 1.58. The van der Waals surface area contributed by atoms with Crippen LogP contribution in [0.25, 0.3) is 0 Å². The number of primary amides is 1. The largest absolute Gasteiger partial charge is 0.497 e. The second-order valence-corrected chi connectivity index (χ2v) is 9.44. The van der Waals surface area contributed by atoms with E-state index in [1.807, 2.05) is 29.6 Å². The molecule has 10 nitrogen and oxygen atoms in total. The lowest BCUT2D eigenvalue weighted by Crippen LogP contribution is -2.43. The van der Waals surface area contributed by atoms with Crippen LogP contribution < -0.4 is 21.5 Å². The molecule has 0 radical (unpaired) electrons. The van der Waals surface area contributed by atoms with Crippen molar-refractivity contribution in [2.45, 2.75) is 19.1 Å². The predicted octanol–water partition coefficient (Wildman–Crippen LogP) is 3.19. The van der Waals surface area contributed by atoms with Crippen LogP contribution in [0.2, 0.25) is 0 Å². The lowest BCUT2D eigenvalue weighted by molar-refractivity contribution is -0.126. The number of rotatable bonds is 10. The van der Waals surface area contributed by atoms with Crippen LogP contribution in [0.15, 0.2) is 64.6 Å². The second-order valence-electron chi connectivity index (χ2n) is 7.63. The van der Waals surface area contributed by atoms with Crippen LogP contribution in [0, 0.1) is 0 Å². The van der Waals surface area contributed by atoms with Crippen molar-refractivity contribution in [2.24, 2.45) is 5.73 Å². The predicted molar refractivity (Wildman–Crippen MR) is 136 cm³/mol. The van der Waals surface area contributed by atoms with Gasteiger partial charge in [0.25, 0.3) is 17.7 Å². The van der Waals surface area contributed by atoms with Crippen molar-refractivity contribution in [3.05, 3.63) is 86.9 Å². The molecule has 0 fully saturated rings. The van der Waals surface area contributed by atoms with Gasteiger partial charge in [-0.3, -0.25) is 14.4 Å². The number of carbonyl (C=O) groups is 3. The first-order valence-electron chi connectivity index (χ1n) is 10.7. The molecule has 0 saturated carbocycles. The summed E-state index contributed by atoms with van der Waals surface area (Å²) in [5.41, 5.74) is 11.9. The monoisotopic (exact) mass is 525 g/mol. The number of thiophene rings is 1. The lowest BCUT2D eigenvalue weighted by atomic mass is 10.1. The number of nitrogens with zero attached hydrogens (tertiary/aromatic N) is 2. The molecule has 3 amide bonds. The Morgan fingerprint density at radius 1 is 1.17 bits per heavy atom. The fourth-order valence-corrected chi connectivity index (χ4v) is 4.97. The maximum atomic E-state index is 13.7. The van der Waals surface area contributed by atoms with Crippen molar-refractivity contribution >= 4 is 46.3 Å². The summed E-state index contributed by atoms with van der Waals surface area (Å²) in [5, 5.41) is 4.75. The van der Waals surface area contributed by atoms with Crippen LogP contribution in [0.1, 0.15) is 42.4 Å². The molecule has 0 spiro atoms. The summed E-state index contributed by atoms with van der Waals surface area (Å²) in [6.07, 6.45) is 1.43. The van der Waals surface area contributed by atoms with Gasteiger partial charge < -0.3 is 30.8 Å². The van der Waals surface area contributed by atoms with Crippen LogP contribution >= 0.6 is 22.9 Å². The first-order chi connectivity index (χ1) is 17.4. The first-order valence-corrected chi connectivity index (χ1v) is 12.4. The number of methoxy groups -OCH3 is 1. The van der Waals surface area contributed by atoms with E-state index in [0.29, 0.717) is 5.75 Å². The van der Waals surface area contributed by atoms with E-state index in [4.69, 9.17) is 20.6 Å². The third-order valence-corrected chi connectivity index (χ3v) is 7.03. The van der Waals surface area contributed by atoms with Crippen LogP contribution in [-0.2, 0) is 17.9 Å². The zero-order chi connectivity index (χ0) is 25.7. The van der Waals surface area contributed by atoms with E-state index in [0.717, 1.165) is 22.0 Å². The number of furan rings is 1. The molecule has 3 aromatic heterocycles. The summed E-state index contributed by atoms with van der Waals surface area (Å²) in [4.78, 5) is 41.1. The van der Waals surface area contributed by atoms with Gasteiger partial charge in [-0.15, -0.1) is 11.3 Å². The van der Waals surface area contributed by atoms with E-state index in [2.05, 4.69) is 9.69 Å². The van der Waals surface area contributed by atoms with E-state index in [-0.39, 0.29) is 35.1 Å². The van der Waals surface area contributed by atoms with Crippen molar-refractivity contribution in [1.82, 2.24) is 14.6 Å².